The predicted octanol–water partition coefficient (Wildman–Crippen LogP) is 5.76. The zero-order chi connectivity index (χ0) is 36.7. The Balaban J connectivity index is 1.22. The van der Waals surface area contributed by atoms with Crippen LogP contribution in [0.1, 0.15) is 50.2 Å². The number of halogens is 3. The lowest BCUT2D eigenvalue weighted by Gasteiger charge is -2.22. The minimum Gasteiger partial charge on any atom is -0.497 e. The maximum atomic E-state index is 13.6. The number of amides is 2. The minimum absolute atomic E-state index is 0.0267. The number of para-hydroxylation sites is 1. The molecule has 4 aromatic carbocycles. The Labute approximate surface area is 290 Å². The normalized spacial score (nSPS) is 13.4. The van der Waals surface area contributed by atoms with Gasteiger partial charge in [-0.25, -0.2) is 4.79 Å². The molecule has 1 saturated heterocycles. The van der Waals surface area contributed by atoms with E-state index in [2.05, 4.69) is 5.32 Å². The number of hydrogen-bond acceptors (Lipinski definition) is 8. The van der Waals surface area contributed by atoms with Gasteiger partial charge in [-0.05, 0) is 78.2 Å². The van der Waals surface area contributed by atoms with E-state index >= 15 is 0 Å². The highest BCUT2D eigenvalue weighted by atomic mass is 19.4. The Bertz CT molecular complexity index is 1900. The molecule has 11 nitrogen and oxygen atoms in total. The van der Waals surface area contributed by atoms with Gasteiger partial charge in [-0.1, -0.05) is 30.3 Å². The molecular weight excluding hydrogens is 671 g/mol. The number of carboxylic acids is 1. The number of alkyl halides is 3. The van der Waals surface area contributed by atoms with Gasteiger partial charge in [0.25, 0.3) is 5.91 Å². The number of methoxy groups -OCH3 is 1. The number of aliphatic carboxylic acids is 1. The molecule has 1 aliphatic heterocycles. The highest BCUT2D eigenvalue weighted by Gasteiger charge is 2.34. The Morgan fingerprint density at radius 2 is 1.65 bits per heavy atom. The molecule has 0 radical (unpaired) electrons. The van der Waals surface area contributed by atoms with E-state index in [1.165, 1.54) is 55.6 Å². The van der Waals surface area contributed by atoms with Crippen molar-refractivity contribution in [3.8, 4) is 11.5 Å². The van der Waals surface area contributed by atoms with E-state index in [4.69, 9.17) is 9.47 Å². The summed E-state index contributed by atoms with van der Waals surface area (Å²) in [6.45, 7) is -0.209. The Morgan fingerprint density at radius 3 is 2.27 bits per heavy atom. The van der Waals surface area contributed by atoms with E-state index in [1.54, 1.807) is 41.3 Å². The molecule has 0 saturated carbocycles. The van der Waals surface area contributed by atoms with Gasteiger partial charge in [-0.15, -0.1) is 0 Å². The zero-order valence-corrected chi connectivity index (χ0v) is 27.4. The average Bonchev–Trinajstić information content (AvgIpc) is 3.53. The Morgan fingerprint density at radius 1 is 0.961 bits per heavy atom. The predicted molar refractivity (Wildman–Crippen MR) is 180 cm³/mol. The number of hydrogen-bond donors (Lipinski definition) is 3. The number of nitrogens with one attached hydrogen (secondary N) is 1. The number of carboxylic acid groups (broad SMARTS) is 1. The fourth-order valence-corrected chi connectivity index (χ4v) is 5.66. The molecule has 1 heterocycles. The van der Waals surface area contributed by atoms with Crippen LogP contribution in [0.25, 0.3) is 0 Å². The smallest absolute Gasteiger partial charge is 0.416 e. The number of carbonyl (C=O) groups excluding carboxylic acids is 3. The molecular formula is C37H34F3N3O8. The van der Waals surface area contributed by atoms with Gasteiger partial charge in [-0.2, -0.15) is 13.2 Å². The summed E-state index contributed by atoms with van der Waals surface area (Å²) in [7, 11) is 1.25. The topological polar surface area (TPSA) is 146 Å². The lowest BCUT2D eigenvalue weighted by molar-refractivity contribution is -0.139. The Hall–Kier alpha value is -5.89. The van der Waals surface area contributed by atoms with Crippen LogP contribution in [0.3, 0.4) is 0 Å². The molecule has 1 aliphatic rings. The summed E-state index contributed by atoms with van der Waals surface area (Å²) in [6, 6.07) is 22.0. The third-order valence-electron chi connectivity index (χ3n) is 8.11. The van der Waals surface area contributed by atoms with Crippen LogP contribution in [-0.4, -0.2) is 65.3 Å². The molecule has 0 bridgehead atoms. The van der Waals surface area contributed by atoms with E-state index in [0.29, 0.717) is 36.3 Å². The number of anilines is 2. The quantitative estimate of drug-likeness (QED) is 0.0898. The van der Waals surface area contributed by atoms with Gasteiger partial charge in [0.2, 0.25) is 5.91 Å². The van der Waals surface area contributed by atoms with Gasteiger partial charge in [0.05, 0.1) is 23.9 Å². The summed E-state index contributed by atoms with van der Waals surface area (Å²) in [4.78, 5) is 52.9. The number of benzene rings is 4. The second-order valence-electron chi connectivity index (χ2n) is 11.7. The molecule has 1 atom stereocenters. The lowest BCUT2D eigenvalue weighted by atomic mass is 10.0. The molecule has 266 valence electrons. The second-order valence-corrected chi connectivity index (χ2v) is 11.7. The summed E-state index contributed by atoms with van der Waals surface area (Å²) in [5.74, 6) is -2.35. The van der Waals surface area contributed by atoms with Crippen molar-refractivity contribution in [3.63, 3.8) is 0 Å². The largest absolute Gasteiger partial charge is 0.497 e. The van der Waals surface area contributed by atoms with Crippen molar-refractivity contribution < 1.29 is 52.0 Å². The third kappa shape index (κ3) is 9.22. The first-order valence-corrected chi connectivity index (χ1v) is 15.8. The van der Waals surface area contributed by atoms with Gasteiger partial charge in [0, 0.05) is 37.2 Å². The summed E-state index contributed by atoms with van der Waals surface area (Å²) < 4.78 is 51.2. The van der Waals surface area contributed by atoms with Gasteiger partial charge >= 0.3 is 18.1 Å². The third-order valence-corrected chi connectivity index (χ3v) is 8.11. The van der Waals surface area contributed by atoms with Crippen LogP contribution >= 0.6 is 0 Å². The molecule has 5 rings (SSSR count). The molecule has 14 heteroatoms. The number of carbonyl (C=O) groups is 4. The maximum Gasteiger partial charge on any atom is 0.416 e. The first kappa shape index (κ1) is 36.4. The van der Waals surface area contributed by atoms with Crippen LogP contribution in [0.4, 0.5) is 24.5 Å². The van der Waals surface area contributed by atoms with Crippen molar-refractivity contribution in [2.75, 3.05) is 30.4 Å². The number of aliphatic hydroxyl groups is 1. The van der Waals surface area contributed by atoms with Crippen molar-refractivity contribution in [1.29, 1.82) is 0 Å². The summed E-state index contributed by atoms with van der Waals surface area (Å²) >= 11 is 0. The highest BCUT2D eigenvalue weighted by molar-refractivity contribution is 6.04. The molecule has 51 heavy (non-hydrogen) atoms. The number of esters is 1. The SMILES string of the molecule is COc1ccc(CC(O)Nc2ccc(C(=O)N(CC(=O)O)Cc3ccc(OC(=O)c4ccccc4N4CCCC4=O)cc3)cc2)c(C(F)(F)F)c1. The zero-order valence-electron chi connectivity index (χ0n) is 27.4. The van der Waals surface area contributed by atoms with Gasteiger partial charge < -0.3 is 34.8 Å². The van der Waals surface area contributed by atoms with E-state index in [-0.39, 0.29) is 47.1 Å². The van der Waals surface area contributed by atoms with E-state index in [9.17, 15) is 42.6 Å². The standard InChI is InChI=1S/C37H34F3N3O8/c1-50-28-17-12-25(30(20-28)37(38,39)40)19-32(44)41-26-13-10-24(11-14-26)35(48)42(22-34(46)47)21-23-8-15-27(16-9-23)51-36(49)29-5-2-3-6-31(29)43-18-4-7-33(43)45/h2-3,5-6,8-17,20,32,41,44H,4,7,18-19,21-22H2,1H3,(H,46,47). The average molecular weight is 706 g/mol. The first-order chi connectivity index (χ1) is 24.3. The molecule has 4 aromatic rings. The fourth-order valence-electron chi connectivity index (χ4n) is 5.66. The number of ether oxygens (including phenoxy) is 2. The second kappa shape index (κ2) is 15.8. The van der Waals surface area contributed by atoms with Crippen molar-refractivity contribution >= 4 is 35.1 Å². The molecule has 0 aliphatic carbocycles. The molecule has 1 unspecified atom stereocenters. The van der Waals surface area contributed by atoms with Crippen LogP contribution < -0.4 is 19.7 Å². The van der Waals surface area contributed by atoms with Crippen molar-refractivity contribution in [2.24, 2.45) is 0 Å². The van der Waals surface area contributed by atoms with Crippen LogP contribution in [0, 0.1) is 0 Å². The lowest BCUT2D eigenvalue weighted by Crippen LogP contribution is -2.35. The number of aliphatic hydroxyl groups excluding tert-OH is 1. The van der Waals surface area contributed by atoms with Crippen molar-refractivity contribution in [2.45, 2.75) is 38.2 Å². The van der Waals surface area contributed by atoms with Crippen molar-refractivity contribution in [3.05, 3.63) is 119 Å². The Kier molecular flexibility index (Phi) is 11.2. The van der Waals surface area contributed by atoms with E-state index in [1.807, 2.05) is 0 Å². The monoisotopic (exact) mass is 705 g/mol. The summed E-state index contributed by atoms with van der Waals surface area (Å²) in [5.41, 5.74) is 0.611. The van der Waals surface area contributed by atoms with Gasteiger partial charge in [0.15, 0.2) is 0 Å². The van der Waals surface area contributed by atoms with Crippen LogP contribution in [0.5, 0.6) is 11.5 Å². The minimum atomic E-state index is -4.66. The summed E-state index contributed by atoms with van der Waals surface area (Å²) in [5, 5.41) is 22.7. The van der Waals surface area contributed by atoms with Gasteiger partial charge in [0.1, 0.15) is 24.3 Å². The molecule has 0 spiro atoms. The van der Waals surface area contributed by atoms with Crippen molar-refractivity contribution in [1.82, 2.24) is 4.90 Å². The first-order valence-electron chi connectivity index (χ1n) is 15.8. The fraction of sp³-hybridized carbons (Fsp3) is 0.243. The molecule has 1 fully saturated rings. The molecule has 0 aromatic heterocycles. The maximum absolute atomic E-state index is 13.6. The molecule has 3 N–H and O–H groups in total. The number of nitrogens with zero attached hydrogens (tertiary/aromatic N) is 2. The van der Waals surface area contributed by atoms with Gasteiger partial charge in [-0.3, -0.25) is 14.4 Å². The summed E-state index contributed by atoms with van der Waals surface area (Å²) in [6.07, 6.45) is -5.34. The van der Waals surface area contributed by atoms with E-state index in [0.717, 1.165) is 11.0 Å². The molecule has 2 amide bonds. The van der Waals surface area contributed by atoms with Crippen LogP contribution in [-0.2, 0) is 28.7 Å². The van der Waals surface area contributed by atoms with Crippen LogP contribution in [0.15, 0.2) is 91.0 Å². The highest BCUT2D eigenvalue weighted by Crippen LogP contribution is 2.35. The van der Waals surface area contributed by atoms with Crippen LogP contribution in [0.2, 0.25) is 0 Å². The number of rotatable bonds is 13. The van der Waals surface area contributed by atoms with E-state index < -0.39 is 42.4 Å².